The Hall–Kier alpha value is -1.87. The normalized spacial score (nSPS) is 16.9. The van der Waals surface area contributed by atoms with Crippen LogP contribution in [0.5, 0.6) is 11.5 Å². The minimum Gasteiger partial charge on any atom is -0.497 e. The molecule has 0 aromatic heterocycles. The van der Waals surface area contributed by atoms with Gasteiger partial charge in [-0.3, -0.25) is 0 Å². The molecule has 1 fully saturated rings. The lowest BCUT2D eigenvalue weighted by molar-refractivity contribution is 0.414. The molecule has 1 heterocycles. The van der Waals surface area contributed by atoms with Crippen molar-refractivity contribution in [2.75, 3.05) is 20.0 Å². The molecule has 1 unspecified atom stereocenters. The zero-order valence-corrected chi connectivity index (χ0v) is 14.4. The Kier molecular flexibility index (Phi) is 5.29. The highest BCUT2D eigenvalue weighted by atomic mass is 32.2. The average molecular weight is 326 g/mol. The van der Waals surface area contributed by atoms with Gasteiger partial charge in [0.15, 0.2) is 0 Å². The molecule has 3 rings (SSSR count). The lowest BCUT2D eigenvalue weighted by Gasteiger charge is -2.13. The minimum absolute atomic E-state index is 0.606. The molecule has 2 aromatic carbocycles. The Bertz CT molecular complexity index is 604. The smallest absolute Gasteiger partial charge is 0.118 e. The maximum absolute atomic E-state index is 5.28. The molecule has 1 aliphatic heterocycles. The highest BCUT2D eigenvalue weighted by molar-refractivity contribution is 8.00. The first-order chi connectivity index (χ1) is 11.3. The zero-order valence-electron chi connectivity index (χ0n) is 13.6. The molecule has 3 heteroatoms. The van der Waals surface area contributed by atoms with Crippen molar-refractivity contribution in [2.45, 2.75) is 18.1 Å². The fourth-order valence-electron chi connectivity index (χ4n) is 2.82. The quantitative estimate of drug-likeness (QED) is 0.767. The first-order valence-electron chi connectivity index (χ1n) is 7.92. The van der Waals surface area contributed by atoms with Crippen molar-refractivity contribution in [1.82, 2.24) is 0 Å². The van der Waals surface area contributed by atoms with Crippen LogP contribution in [0.4, 0.5) is 0 Å². The van der Waals surface area contributed by atoms with Crippen molar-refractivity contribution in [3.05, 3.63) is 65.7 Å². The molecule has 120 valence electrons. The van der Waals surface area contributed by atoms with E-state index in [9.17, 15) is 0 Å². The van der Waals surface area contributed by atoms with E-state index in [4.69, 9.17) is 9.47 Å². The van der Waals surface area contributed by atoms with Gasteiger partial charge in [-0.15, -0.1) is 0 Å². The van der Waals surface area contributed by atoms with Crippen LogP contribution in [0.2, 0.25) is 0 Å². The van der Waals surface area contributed by atoms with Crippen LogP contribution >= 0.6 is 11.8 Å². The molecular formula is C20H22O2S. The second-order valence-corrected chi connectivity index (χ2v) is 6.94. The second-order valence-electron chi connectivity index (χ2n) is 5.59. The van der Waals surface area contributed by atoms with Gasteiger partial charge in [-0.05, 0) is 59.6 Å². The third kappa shape index (κ3) is 3.91. The van der Waals surface area contributed by atoms with Crippen LogP contribution in [0, 0.1) is 0 Å². The molecule has 0 bridgehead atoms. The van der Waals surface area contributed by atoms with E-state index in [-0.39, 0.29) is 0 Å². The molecule has 0 aliphatic carbocycles. The summed E-state index contributed by atoms with van der Waals surface area (Å²) in [6.07, 6.45) is 4.99. The summed E-state index contributed by atoms with van der Waals surface area (Å²) in [5, 5.41) is 0.606. The van der Waals surface area contributed by atoms with Gasteiger partial charge in [0.25, 0.3) is 0 Å². The van der Waals surface area contributed by atoms with Crippen LogP contribution in [0.1, 0.15) is 24.0 Å². The van der Waals surface area contributed by atoms with Crippen LogP contribution < -0.4 is 9.47 Å². The summed E-state index contributed by atoms with van der Waals surface area (Å²) < 4.78 is 10.6. The molecule has 0 radical (unpaired) electrons. The summed E-state index contributed by atoms with van der Waals surface area (Å²) in [7, 11) is 3.40. The Labute approximate surface area is 142 Å². The van der Waals surface area contributed by atoms with Crippen molar-refractivity contribution in [1.29, 1.82) is 0 Å². The number of ether oxygens (including phenoxy) is 2. The topological polar surface area (TPSA) is 18.5 Å². The van der Waals surface area contributed by atoms with Gasteiger partial charge in [0.1, 0.15) is 11.5 Å². The summed E-state index contributed by atoms with van der Waals surface area (Å²) in [6.45, 7) is 0. The lowest BCUT2D eigenvalue weighted by atomic mass is 9.96. The first kappa shape index (κ1) is 16.0. The Morgan fingerprint density at radius 2 is 1.43 bits per heavy atom. The van der Waals surface area contributed by atoms with Crippen molar-refractivity contribution in [3.63, 3.8) is 0 Å². The summed E-state index contributed by atoms with van der Waals surface area (Å²) in [5.74, 6) is 3.04. The maximum atomic E-state index is 5.28. The Morgan fingerprint density at radius 3 is 1.83 bits per heavy atom. The van der Waals surface area contributed by atoms with Gasteiger partial charge in [-0.2, -0.15) is 11.8 Å². The SMILES string of the molecule is COc1ccc(C(=CC2CCCS2)c2ccc(OC)cc2)cc1. The number of hydrogen-bond acceptors (Lipinski definition) is 3. The number of benzene rings is 2. The first-order valence-corrected chi connectivity index (χ1v) is 8.97. The van der Waals surface area contributed by atoms with Crippen LogP contribution in [0.25, 0.3) is 5.57 Å². The molecule has 23 heavy (non-hydrogen) atoms. The summed E-state index contributed by atoms with van der Waals surface area (Å²) in [5.41, 5.74) is 3.74. The van der Waals surface area contributed by atoms with E-state index in [0.29, 0.717) is 5.25 Å². The molecule has 0 amide bonds. The summed E-state index contributed by atoms with van der Waals surface area (Å²) in [6, 6.07) is 16.6. The van der Waals surface area contributed by atoms with E-state index >= 15 is 0 Å². The predicted octanol–water partition coefficient (Wildman–Crippen LogP) is 5.03. The van der Waals surface area contributed by atoms with Crippen LogP contribution in [0.3, 0.4) is 0 Å². The average Bonchev–Trinajstić information content (AvgIpc) is 3.13. The van der Waals surface area contributed by atoms with E-state index in [1.807, 2.05) is 36.0 Å². The van der Waals surface area contributed by atoms with Crippen LogP contribution in [-0.4, -0.2) is 25.2 Å². The number of rotatable bonds is 5. The van der Waals surface area contributed by atoms with Crippen LogP contribution in [-0.2, 0) is 0 Å². The van der Waals surface area contributed by atoms with Gasteiger partial charge in [0.2, 0.25) is 0 Å². The third-order valence-corrected chi connectivity index (χ3v) is 5.44. The Morgan fingerprint density at radius 1 is 0.913 bits per heavy atom. The van der Waals surface area contributed by atoms with Gasteiger partial charge in [0.05, 0.1) is 14.2 Å². The van der Waals surface area contributed by atoms with Gasteiger partial charge in [-0.1, -0.05) is 30.3 Å². The van der Waals surface area contributed by atoms with Crippen LogP contribution in [0.15, 0.2) is 54.6 Å². The minimum atomic E-state index is 0.606. The predicted molar refractivity (Wildman–Crippen MR) is 98.5 cm³/mol. The van der Waals surface area contributed by atoms with Gasteiger partial charge >= 0.3 is 0 Å². The Balaban J connectivity index is 1.97. The molecule has 1 atom stereocenters. The molecule has 1 aliphatic rings. The van der Waals surface area contributed by atoms with Crippen molar-refractivity contribution in [2.24, 2.45) is 0 Å². The molecule has 0 spiro atoms. The number of thioether (sulfide) groups is 1. The zero-order chi connectivity index (χ0) is 16.1. The van der Waals surface area contributed by atoms with Gasteiger partial charge < -0.3 is 9.47 Å². The molecule has 1 saturated heterocycles. The van der Waals surface area contributed by atoms with E-state index in [2.05, 4.69) is 30.3 Å². The largest absolute Gasteiger partial charge is 0.497 e. The molecular weight excluding hydrogens is 304 g/mol. The molecule has 2 aromatic rings. The monoisotopic (exact) mass is 326 g/mol. The number of hydrogen-bond donors (Lipinski definition) is 0. The fourth-order valence-corrected chi connectivity index (χ4v) is 4.02. The lowest BCUT2D eigenvalue weighted by Crippen LogP contribution is -1.96. The van der Waals surface area contributed by atoms with E-state index in [1.165, 1.54) is 35.3 Å². The van der Waals surface area contributed by atoms with E-state index in [0.717, 1.165) is 11.5 Å². The molecule has 0 N–H and O–H groups in total. The maximum Gasteiger partial charge on any atom is 0.118 e. The standard InChI is InChI=1S/C20H22O2S/c1-21-17-9-5-15(6-10-17)20(14-19-4-3-13-23-19)16-7-11-18(22-2)12-8-16/h5-12,14,19H,3-4,13H2,1-2H3. The summed E-state index contributed by atoms with van der Waals surface area (Å²) in [4.78, 5) is 0. The van der Waals surface area contributed by atoms with Crippen molar-refractivity contribution >= 4 is 17.3 Å². The van der Waals surface area contributed by atoms with Gasteiger partial charge in [-0.25, -0.2) is 0 Å². The second kappa shape index (κ2) is 7.60. The van der Waals surface area contributed by atoms with Crippen molar-refractivity contribution in [3.8, 4) is 11.5 Å². The molecule has 2 nitrogen and oxygen atoms in total. The highest BCUT2D eigenvalue weighted by Crippen LogP contribution is 2.33. The molecule has 0 saturated carbocycles. The fraction of sp³-hybridized carbons (Fsp3) is 0.300. The summed E-state index contributed by atoms with van der Waals surface area (Å²) >= 11 is 2.05. The highest BCUT2D eigenvalue weighted by Gasteiger charge is 2.15. The van der Waals surface area contributed by atoms with E-state index in [1.54, 1.807) is 14.2 Å². The van der Waals surface area contributed by atoms with Gasteiger partial charge in [0, 0.05) is 5.25 Å². The van der Waals surface area contributed by atoms with E-state index < -0.39 is 0 Å². The third-order valence-electron chi connectivity index (χ3n) is 4.12. The van der Waals surface area contributed by atoms with Crippen molar-refractivity contribution < 1.29 is 9.47 Å². The number of methoxy groups -OCH3 is 2.